The lowest BCUT2D eigenvalue weighted by Gasteiger charge is -2.32. The zero-order chi connectivity index (χ0) is 19.2. The Balaban J connectivity index is 2.13. The Kier molecular flexibility index (Phi) is 6.68. The molecule has 2 rings (SSSR count). The molecule has 5 nitrogen and oxygen atoms in total. The second-order valence-electron chi connectivity index (χ2n) is 8.22. The maximum atomic E-state index is 12.8. The molecule has 1 saturated carbocycles. The maximum absolute atomic E-state index is 12.8. The van der Waals surface area contributed by atoms with Gasteiger partial charge in [-0.05, 0) is 64.9 Å². The molecule has 0 amide bonds. The fourth-order valence-electron chi connectivity index (χ4n) is 3.68. The monoisotopic (exact) mass is 362 g/mol. The van der Waals surface area contributed by atoms with Gasteiger partial charge in [0.25, 0.3) is 0 Å². The van der Waals surface area contributed by atoms with Gasteiger partial charge >= 0.3 is 12.1 Å². The quantitative estimate of drug-likeness (QED) is 0.693. The van der Waals surface area contributed by atoms with Gasteiger partial charge in [0.2, 0.25) is 0 Å². The molecule has 0 aliphatic heterocycles. The third-order valence-corrected chi connectivity index (χ3v) is 4.80. The number of aryl methyl sites for hydroxylation is 1. The fraction of sp³-hybridized carbons (Fsp3) is 0.619. The van der Waals surface area contributed by atoms with Crippen LogP contribution in [-0.2, 0) is 20.7 Å². The van der Waals surface area contributed by atoms with Crippen molar-refractivity contribution in [2.75, 3.05) is 0 Å². The second-order valence-corrected chi connectivity index (χ2v) is 8.22. The van der Waals surface area contributed by atoms with Crippen molar-refractivity contribution in [3.05, 3.63) is 35.9 Å². The van der Waals surface area contributed by atoms with E-state index in [1.54, 1.807) is 0 Å². The van der Waals surface area contributed by atoms with Crippen LogP contribution in [0.15, 0.2) is 30.3 Å². The summed E-state index contributed by atoms with van der Waals surface area (Å²) in [7, 11) is 0. The summed E-state index contributed by atoms with van der Waals surface area (Å²) in [6, 6.07) is 9.98. The third kappa shape index (κ3) is 6.36. The van der Waals surface area contributed by atoms with Gasteiger partial charge in [-0.2, -0.15) is 0 Å². The van der Waals surface area contributed by atoms with Gasteiger partial charge < -0.3 is 14.6 Å². The van der Waals surface area contributed by atoms with E-state index >= 15 is 0 Å². The summed E-state index contributed by atoms with van der Waals surface area (Å²) in [4.78, 5) is 24.0. The number of carboxylic acid groups (broad SMARTS) is 1. The molecule has 0 bridgehead atoms. The van der Waals surface area contributed by atoms with Gasteiger partial charge in [0, 0.05) is 6.42 Å². The van der Waals surface area contributed by atoms with Gasteiger partial charge in [0.05, 0.1) is 5.92 Å². The van der Waals surface area contributed by atoms with E-state index in [1.807, 2.05) is 51.1 Å². The number of carbonyl (C=O) groups excluding carboxylic acids is 1. The van der Waals surface area contributed by atoms with Crippen LogP contribution in [-0.4, -0.2) is 28.4 Å². The predicted octanol–water partition coefficient (Wildman–Crippen LogP) is 4.97. The van der Waals surface area contributed by atoms with E-state index in [1.165, 1.54) is 0 Å². The lowest BCUT2D eigenvalue weighted by atomic mass is 9.85. The van der Waals surface area contributed by atoms with Crippen molar-refractivity contribution in [2.24, 2.45) is 5.92 Å². The Bertz CT molecular complexity index is 597. The van der Waals surface area contributed by atoms with Crippen LogP contribution >= 0.6 is 0 Å². The largest absolute Gasteiger partial charge is 0.506 e. The number of carbonyl (C=O) groups is 2. The highest BCUT2D eigenvalue weighted by Crippen LogP contribution is 2.40. The predicted molar refractivity (Wildman–Crippen MR) is 99.0 cm³/mol. The molecule has 0 spiro atoms. The smallest absolute Gasteiger partial charge is 0.460 e. The van der Waals surface area contributed by atoms with Crippen LogP contribution in [0.5, 0.6) is 0 Å². The molecule has 1 aliphatic rings. The standard InChI is InChI=1S/C21H30O5/c1-20(2,3)25-18(22)17(12-11-16-9-5-4-6-10-16)15-21(26-19(23)24)13-7-8-14-21/h4-6,9-10,17H,7-8,11-15H2,1-3H3,(H,23,24)/t17-/m1/s1. The van der Waals surface area contributed by atoms with Crippen LogP contribution in [0, 0.1) is 5.92 Å². The lowest BCUT2D eigenvalue weighted by Crippen LogP contribution is -2.38. The summed E-state index contributed by atoms with van der Waals surface area (Å²) in [6.45, 7) is 5.54. The molecule has 5 heteroatoms. The molecular weight excluding hydrogens is 332 g/mol. The van der Waals surface area contributed by atoms with Crippen LogP contribution in [0.2, 0.25) is 0 Å². The van der Waals surface area contributed by atoms with E-state index in [2.05, 4.69) is 0 Å². The second kappa shape index (κ2) is 8.56. The molecule has 1 aliphatic carbocycles. The molecule has 0 aromatic heterocycles. The first-order valence-corrected chi connectivity index (χ1v) is 9.38. The molecule has 0 radical (unpaired) electrons. The van der Waals surface area contributed by atoms with E-state index < -0.39 is 17.4 Å². The first-order chi connectivity index (χ1) is 12.2. The minimum absolute atomic E-state index is 0.270. The molecule has 1 aromatic rings. The summed E-state index contributed by atoms with van der Waals surface area (Å²) in [5.41, 5.74) is -0.177. The summed E-state index contributed by atoms with van der Waals surface area (Å²) in [6.07, 6.45) is 3.67. The number of rotatable bonds is 7. The van der Waals surface area contributed by atoms with Crippen LogP contribution in [0.25, 0.3) is 0 Å². The van der Waals surface area contributed by atoms with Crippen molar-refractivity contribution in [3.63, 3.8) is 0 Å². The molecule has 0 unspecified atom stereocenters. The Hall–Kier alpha value is -2.04. The first-order valence-electron chi connectivity index (χ1n) is 9.38. The molecule has 1 N–H and O–H groups in total. The molecular formula is C21H30O5. The van der Waals surface area contributed by atoms with E-state index in [-0.39, 0.29) is 11.9 Å². The summed E-state index contributed by atoms with van der Waals surface area (Å²) < 4.78 is 10.9. The fourth-order valence-corrected chi connectivity index (χ4v) is 3.68. The zero-order valence-electron chi connectivity index (χ0n) is 16.0. The first kappa shape index (κ1) is 20.3. The SMILES string of the molecule is CC(C)(C)OC(=O)[C@H](CCc1ccccc1)CC1(OC(=O)O)CCCC1. The Morgan fingerprint density at radius 3 is 2.31 bits per heavy atom. The van der Waals surface area contributed by atoms with Gasteiger partial charge in [0.1, 0.15) is 11.2 Å². The van der Waals surface area contributed by atoms with Gasteiger partial charge in [-0.25, -0.2) is 4.79 Å². The maximum Gasteiger partial charge on any atom is 0.506 e. The normalized spacial score (nSPS) is 17.5. The lowest BCUT2D eigenvalue weighted by molar-refractivity contribution is -0.163. The van der Waals surface area contributed by atoms with Gasteiger partial charge in [-0.15, -0.1) is 0 Å². The Morgan fingerprint density at radius 2 is 1.77 bits per heavy atom. The number of hydrogen-bond donors (Lipinski definition) is 1. The minimum atomic E-state index is -1.27. The molecule has 1 fully saturated rings. The molecule has 26 heavy (non-hydrogen) atoms. The Labute approximate surface area is 155 Å². The van der Waals surface area contributed by atoms with Crippen molar-refractivity contribution in [1.82, 2.24) is 0 Å². The van der Waals surface area contributed by atoms with Gasteiger partial charge in [0.15, 0.2) is 0 Å². The van der Waals surface area contributed by atoms with E-state index in [0.29, 0.717) is 25.7 Å². The van der Waals surface area contributed by atoms with Crippen molar-refractivity contribution in [3.8, 4) is 0 Å². The number of esters is 1. The topological polar surface area (TPSA) is 72.8 Å². The van der Waals surface area contributed by atoms with E-state index in [0.717, 1.165) is 24.8 Å². The van der Waals surface area contributed by atoms with Crippen molar-refractivity contribution >= 4 is 12.1 Å². The van der Waals surface area contributed by atoms with Gasteiger partial charge in [-0.3, -0.25) is 4.79 Å². The highest BCUT2D eigenvalue weighted by molar-refractivity contribution is 5.73. The van der Waals surface area contributed by atoms with Crippen molar-refractivity contribution < 1.29 is 24.2 Å². The average Bonchev–Trinajstić information content (AvgIpc) is 2.98. The van der Waals surface area contributed by atoms with Crippen LogP contribution < -0.4 is 0 Å². The molecule has 144 valence electrons. The third-order valence-electron chi connectivity index (χ3n) is 4.80. The molecule has 1 aromatic carbocycles. The minimum Gasteiger partial charge on any atom is -0.460 e. The zero-order valence-corrected chi connectivity index (χ0v) is 16.0. The number of hydrogen-bond acceptors (Lipinski definition) is 4. The van der Waals surface area contributed by atoms with E-state index in [9.17, 15) is 9.59 Å². The van der Waals surface area contributed by atoms with Crippen molar-refractivity contribution in [2.45, 2.75) is 76.9 Å². The van der Waals surface area contributed by atoms with E-state index in [4.69, 9.17) is 14.6 Å². The molecule has 1 atom stereocenters. The average molecular weight is 362 g/mol. The highest BCUT2D eigenvalue weighted by atomic mass is 16.7. The van der Waals surface area contributed by atoms with Crippen LogP contribution in [0.3, 0.4) is 0 Å². The number of benzene rings is 1. The highest BCUT2D eigenvalue weighted by Gasteiger charge is 2.42. The summed E-state index contributed by atoms with van der Waals surface area (Å²) in [5, 5.41) is 9.15. The van der Waals surface area contributed by atoms with Crippen molar-refractivity contribution in [1.29, 1.82) is 0 Å². The van der Waals surface area contributed by atoms with Gasteiger partial charge in [-0.1, -0.05) is 30.3 Å². The van der Waals surface area contributed by atoms with Crippen LogP contribution in [0.4, 0.5) is 4.79 Å². The molecule has 0 saturated heterocycles. The molecule has 0 heterocycles. The Morgan fingerprint density at radius 1 is 1.15 bits per heavy atom. The van der Waals surface area contributed by atoms with Crippen LogP contribution in [0.1, 0.15) is 64.9 Å². The summed E-state index contributed by atoms with van der Waals surface area (Å²) >= 11 is 0. The summed E-state index contributed by atoms with van der Waals surface area (Å²) in [5.74, 6) is -0.652. The number of ether oxygens (including phenoxy) is 2.